The van der Waals surface area contributed by atoms with E-state index in [0.29, 0.717) is 11.3 Å². The van der Waals surface area contributed by atoms with Crippen molar-refractivity contribution in [3.63, 3.8) is 0 Å². The zero-order valence-corrected chi connectivity index (χ0v) is 7.91. The molecule has 1 unspecified atom stereocenters. The van der Waals surface area contributed by atoms with E-state index >= 15 is 0 Å². The summed E-state index contributed by atoms with van der Waals surface area (Å²) < 4.78 is 0. The molecular weight excluding hydrogens is 120 g/mol. The highest BCUT2D eigenvalue weighted by Crippen LogP contribution is 2.32. The molecule has 0 aromatic rings. The second-order valence-corrected chi connectivity index (χ2v) is 3.83. The van der Waals surface area contributed by atoms with Crippen molar-refractivity contribution in [2.75, 3.05) is 0 Å². The van der Waals surface area contributed by atoms with Gasteiger partial charge < -0.3 is 0 Å². The normalized spacial score (nSPS) is 12.6. The third kappa shape index (κ3) is 3.24. The Balaban J connectivity index is 3.80. The second kappa shape index (κ2) is 4.00. The number of rotatable bonds is 4. The Morgan fingerprint density at radius 2 is 1.70 bits per heavy atom. The molecular formula is C10H21. The van der Waals surface area contributed by atoms with Gasteiger partial charge in [0.05, 0.1) is 0 Å². The summed E-state index contributed by atoms with van der Waals surface area (Å²) >= 11 is 0. The molecule has 1 radical (unpaired) electrons. The van der Waals surface area contributed by atoms with Crippen LogP contribution in [0.2, 0.25) is 0 Å². The fraction of sp³-hybridized carbons (Fsp3) is 0.900. The van der Waals surface area contributed by atoms with E-state index < -0.39 is 0 Å². The third-order valence-corrected chi connectivity index (χ3v) is 2.55. The molecule has 61 valence electrons. The third-order valence-electron chi connectivity index (χ3n) is 2.55. The molecule has 0 spiro atoms. The SMILES string of the molecule is [CH2]C(C)CC(C)(CC)CC. The molecule has 0 heterocycles. The van der Waals surface area contributed by atoms with Crippen molar-refractivity contribution >= 4 is 0 Å². The molecule has 0 fully saturated rings. The lowest BCUT2D eigenvalue weighted by Gasteiger charge is -2.28. The van der Waals surface area contributed by atoms with Gasteiger partial charge in [-0.3, -0.25) is 0 Å². The fourth-order valence-corrected chi connectivity index (χ4v) is 1.38. The molecule has 0 N–H and O–H groups in total. The van der Waals surface area contributed by atoms with Crippen LogP contribution in [-0.4, -0.2) is 0 Å². The highest BCUT2D eigenvalue weighted by atomic mass is 14.3. The molecule has 0 aliphatic heterocycles. The summed E-state index contributed by atoms with van der Waals surface area (Å²) in [5.41, 5.74) is 0.543. The first-order valence-electron chi connectivity index (χ1n) is 4.37. The smallest absolute Gasteiger partial charge is 0.0329 e. The molecule has 0 saturated heterocycles. The van der Waals surface area contributed by atoms with Gasteiger partial charge in [0.25, 0.3) is 0 Å². The first-order valence-corrected chi connectivity index (χ1v) is 4.37. The topological polar surface area (TPSA) is 0 Å². The summed E-state index contributed by atoms with van der Waals surface area (Å²) in [5.74, 6) is 0.602. The number of hydrogen-bond acceptors (Lipinski definition) is 0. The van der Waals surface area contributed by atoms with Crippen molar-refractivity contribution in [1.82, 2.24) is 0 Å². The lowest BCUT2D eigenvalue weighted by molar-refractivity contribution is 0.246. The van der Waals surface area contributed by atoms with Gasteiger partial charge in [-0.25, -0.2) is 0 Å². The first kappa shape index (κ1) is 10.0. The molecule has 0 amide bonds. The van der Waals surface area contributed by atoms with E-state index in [1.165, 1.54) is 19.3 Å². The zero-order valence-electron chi connectivity index (χ0n) is 7.91. The minimum Gasteiger partial charge on any atom is -0.0649 e. The summed E-state index contributed by atoms with van der Waals surface area (Å²) in [5, 5.41) is 0. The highest BCUT2D eigenvalue weighted by Gasteiger charge is 2.20. The summed E-state index contributed by atoms with van der Waals surface area (Å²) in [4.78, 5) is 0. The van der Waals surface area contributed by atoms with Crippen LogP contribution in [0, 0.1) is 18.3 Å². The van der Waals surface area contributed by atoms with E-state index in [9.17, 15) is 0 Å². The molecule has 0 saturated carbocycles. The van der Waals surface area contributed by atoms with Gasteiger partial charge in [0.15, 0.2) is 0 Å². The van der Waals surface area contributed by atoms with Gasteiger partial charge in [-0.2, -0.15) is 0 Å². The van der Waals surface area contributed by atoms with Crippen molar-refractivity contribution in [3.05, 3.63) is 6.92 Å². The van der Waals surface area contributed by atoms with Crippen LogP contribution in [-0.2, 0) is 0 Å². The molecule has 0 heteroatoms. The highest BCUT2D eigenvalue weighted by molar-refractivity contribution is 4.74. The predicted octanol–water partition coefficient (Wildman–Crippen LogP) is 3.67. The molecule has 0 nitrogen and oxygen atoms in total. The van der Waals surface area contributed by atoms with Crippen LogP contribution in [0.25, 0.3) is 0 Å². The van der Waals surface area contributed by atoms with Gasteiger partial charge in [-0.1, -0.05) is 47.5 Å². The molecule has 0 aliphatic rings. The molecule has 10 heavy (non-hydrogen) atoms. The van der Waals surface area contributed by atoms with Gasteiger partial charge in [0.2, 0.25) is 0 Å². The van der Waals surface area contributed by atoms with E-state index in [4.69, 9.17) is 0 Å². The molecule has 0 aromatic heterocycles. The largest absolute Gasteiger partial charge is 0.0649 e. The quantitative estimate of drug-likeness (QED) is 0.560. The summed E-state index contributed by atoms with van der Waals surface area (Å²) in [7, 11) is 0. The molecule has 0 rings (SSSR count). The lowest BCUT2D eigenvalue weighted by atomic mass is 9.78. The van der Waals surface area contributed by atoms with E-state index in [2.05, 4.69) is 34.6 Å². The van der Waals surface area contributed by atoms with Crippen LogP contribution in [0.5, 0.6) is 0 Å². The van der Waals surface area contributed by atoms with Crippen molar-refractivity contribution in [3.8, 4) is 0 Å². The Kier molecular flexibility index (Phi) is 4.00. The average Bonchev–Trinajstić information content (AvgIpc) is 1.87. The molecule has 0 bridgehead atoms. The van der Waals surface area contributed by atoms with Gasteiger partial charge >= 0.3 is 0 Å². The van der Waals surface area contributed by atoms with Crippen LogP contribution in [0.3, 0.4) is 0 Å². The van der Waals surface area contributed by atoms with Gasteiger partial charge in [0, 0.05) is 0 Å². The van der Waals surface area contributed by atoms with E-state index in [1.54, 1.807) is 0 Å². The zero-order chi connectivity index (χ0) is 8.20. The molecule has 0 aliphatic carbocycles. The van der Waals surface area contributed by atoms with Gasteiger partial charge in [0.1, 0.15) is 0 Å². The Morgan fingerprint density at radius 3 is 1.80 bits per heavy atom. The maximum Gasteiger partial charge on any atom is -0.0329 e. The number of hydrogen-bond donors (Lipinski definition) is 0. The van der Waals surface area contributed by atoms with Gasteiger partial charge in [-0.15, -0.1) is 0 Å². The maximum atomic E-state index is 4.02. The van der Waals surface area contributed by atoms with E-state index in [-0.39, 0.29) is 0 Å². The Labute approximate surface area is 66.0 Å². The Hall–Kier alpha value is 0. The Bertz CT molecular complexity index is 78.0. The standard InChI is InChI=1S/C10H21/c1-6-10(5,7-2)8-9(3)4/h9H,3,6-8H2,1-2,4-5H3. The van der Waals surface area contributed by atoms with Crippen LogP contribution < -0.4 is 0 Å². The summed E-state index contributed by atoms with van der Waals surface area (Å²) in [6.07, 6.45) is 3.83. The minimum absolute atomic E-state index is 0.543. The summed E-state index contributed by atoms with van der Waals surface area (Å²) in [6, 6.07) is 0. The lowest BCUT2D eigenvalue weighted by Crippen LogP contribution is -2.16. The minimum atomic E-state index is 0.543. The van der Waals surface area contributed by atoms with E-state index in [1.807, 2.05) is 0 Å². The monoisotopic (exact) mass is 141 g/mol. The van der Waals surface area contributed by atoms with Crippen LogP contribution in [0.15, 0.2) is 0 Å². The van der Waals surface area contributed by atoms with Crippen LogP contribution in [0.1, 0.15) is 47.0 Å². The molecule has 0 aromatic carbocycles. The molecule has 1 atom stereocenters. The first-order chi connectivity index (χ1) is 4.54. The van der Waals surface area contributed by atoms with Crippen molar-refractivity contribution in [1.29, 1.82) is 0 Å². The Morgan fingerprint density at radius 1 is 1.30 bits per heavy atom. The summed E-state index contributed by atoms with van der Waals surface area (Å²) in [6.45, 7) is 13.1. The van der Waals surface area contributed by atoms with Gasteiger partial charge in [-0.05, 0) is 17.8 Å². The van der Waals surface area contributed by atoms with Crippen molar-refractivity contribution < 1.29 is 0 Å². The van der Waals surface area contributed by atoms with Crippen molar-refractivity contribution in [2.45, 2.75) is 47.0 Å². The fourth-order valence-electron chi connectivity index (χ4n) is 1.38. The second-order valence-electron chi connectivity index (χ2n) is 3.83. The van der Waals surface area contributed by atoms with Crippen molar-refractivity contribution in [2.24, 2.45) is 11.3 Å². The van der Waals surface area contributed by atoms with Crippen LogP contribution >= 0.6 is 0 Å². The maximum absolute atomic E-state index is 4.02. The average molecular weight is 141 g/mol. The van der Waals surface area contributed by atoms with Crippen LogP contribution in [0.4, 0.5) is 0 Å². The predicted molar refractivity (Wildman–Crippen MR) is 47.8 cm³/mol. The van der Waals surface area contributed by atoms with E-state index in [0.717, 1.165) is 0 Å².